The smallest absolute Gasteiger partial charge is 0.323 e. The molecule has 1 amide bonds. The number of anilines is 1. The molecule has 0 aliphatic carbocycles. The molecule has 0 fully saturated rings. The average Bonchev–Trinajstić information content (AvgIpc) is 2.92. The number of amides is 1. The van der Waals surface area contributed by atoms with Gasteiger partial charge in [-0.25, -0.2) is 9.67 Å². The van der Waals surface area contributed by atoms with Crippen molar-refractivity contribution < 1.29 is 18.0 Å². The van der Waals surface area contributed by atoms with Crippen LogP contribution in [0.4, 0.5) is 18.9 Å². The van der Waals surface area contributed by atoms with E-state index >= 15 is 0 Å². The van der Waals surface area contributed by atoms with Crippen LogP contribution in [-0.4, -0.2) is 32.4 Å². The van der Waals surface area contributed by atoms with Gasteiger partial charge in [0.1, 0.15) is 0 Å². The quantitative estimate of drug-likeness (QED) is 0.899. The molecule has 2 heterocycles. The first kappa shape index (κ1) is 15.0. The molecule has 2 aromatic rings. The highest BCUT2D eigenvalue weighted by molar-refractivity contribution is 5.98. The lowest BCUT2D eigenvalue weighted by Gasteiger charge is -2.26. The van der Waals surface area contributed by atoms with Gasteiger partial charge in [-0.1, -0.05) is 0 Å². The molecule has 21 heavy (non-hydrogen) atoms. The Hall–Kier alpha value is -2.42. The number of carbonyl (C=O) groups is 1. The second-order valence-corrected chi connectivity index (χ2v) is 4.51. The molecule has 0 aliphatic rings. The number of nitrogens with one attached hydrogen (secondary N) is 1. The molecule has 2 rings (SSSR count). The molecule has 1 unspecified atom stereocenters. The van der Waals surface area contributed by atoms with Crippen LogP contribution >= 0.6 is 0 Å². The summed E-state index contributed by atoms with van der Waals surface area (Å²) in [5.41, 5.74) is 2.15. The number of alkyl halides is 3. The zero-order valence-electron chi connectivity index (χ0n) is 10.9. The molecule has 0 aromatic carbocycles. The van der Waals surface area contributed by atoms with Crippen molar-refractivity contribution in [2.45, 2.75) is 18.6 Å². The minimum absolute atomic E-state index is 0.108. The van der Waals surface area contributed by atoms with Crippen LogP contribution in [0.1, 0.15) is 6.92 Å². The molecular formula is C12H12F3N5O. The largest absolute Gasteiger partial charge is 0.415 e. The Bertz CT molecular complexity index is 619. The van der Waals surface area contributed by atoms with Crippen LogP contribution in [0.15, 0.2) is 36.8 Å². The van der Waals surface area contributed by atoms with E-state index < -0.39 is 17.6 Å². The van der Waals surface area contributed by atoms with Crippen molar-refractivity contribution in [1.29, 1.82) is 0 Å². The lowest BCUT2D eigenvalue weighted by Crippen LogP contribution is -2.59. The second kappa shape index (κ2) is 5.17. The van der Waals surface area contributed by atoms with E-state index in [2.05, 4.69) is 15.4 Å². The molecule has 0 saturated carbocycles. The van der Waals surface area contributed by atoms with Crippen LogP contribution in [0.5, 0.6) is 0 Å². The highest BCUT2D eigenvalue weighted by atomic mass is 19.4. The van der Waals surface area contributed by atoms with Crippen molar-refractivity contribution in [3.8, 4) is 5.82 Å². The average molecular weight is 299 g/mol. The van der Waals surface area contributed by atoms with Crippen LogP contribution in [0.2, 0.25) is 0 Å². The lowest BCUT2D eigenvalue weighted by molar-refractivity contribution is -0.184. The van der Waals surface area contributed by atoms with Gasteiger partial charge in [0.15, 0.2) is 11.4 Å². The van der Waals surface area contributed by atoms with Crippen LogP contribution in [-0.2, 0) is 4.79 Å². The van der Waals surface area contributed by atoms with E-state index in [-0.39, 0.29) is 5.69 Å². The maximum atomic E-state index is 12.6. The summed E-state index contributed by atoms with van der Waals surface area (Å²) in [6.07, 6.45) is -0.414. The summed E-state index contributed by atoms with van der Waals surface area (Å²) in [7, 11) is 0. The number of hydrogen-bond donors (Lipinski definition) is 2. The van der Waals surface area contributed by atoms with E-state index in [0.29, 0.717) is 12.7 Å². The van der Waals surface area contributed by atoms with E-state index in [4.69, 9.17) is 5.73 Å². The molecule has 0 saturated heterocycles. The van der Waals surface area contributed by atoms with Crippen LogP contribution in [0.3, 0.4) is 0 Å². The fraction of sp³-hybridized carbons (Fsp3) is 0.250. The van der Waals surface area contributed by atoms with Crippen molar-refractivity contribution in [2.75, 3.05) is 5.32 Å². The zero-order chi connectivity index (χ0) is 15.7. The summed E-state index contributed by atoms with van der Waals surface area (Å²) in [5, 5.41) is 6.03. The summed E-state index contributed by atoms with van der Waals surface area (Å²) in [6, 6.07) is 4.61. The number of pyridine rings is 1. The SMILES string of the molecule is CC(N)(C(=O)Nc1ccc(-n2cccn2)nc1)C(F)(F)F. The molecule has 3 N–H and O–H groups in total. The Labute approximate surface area is 117 Å². The van der Waals surface area contributed by atoms with Gasteiger partial charge in [-0.05, 0) is 25.1 Å². The third kappa shape index (κ3) is 3.02. The van der Waals surface area contributed by atoms with E-state index in [0.717, 1.165) is 0 Å². The first-order valence-electron chi connectivity index (χ1n) is 5.85. The van der Waals surface area contributed by atoms with Gasteiger partial charge < -0.3 is 11.1 Å². The third-order valence-corrected chi connectivity index (χ3v) is 2.81. The Balaban J connectivity index is 2.12. The Kier molecular flexibility index (Phi) is 3.69. The predicted molar refractivity (Wildman–Crippen MR) is 68.6 cm³/mol. The van der Waals surface area contributed by atoms with Crippen LogP contribution in [0.25, 0.3) is 5.82 Å². The second-order valence-electron chi connectivity index (χ2n) is 4.51. The minimum Gasteiger partial charge on any atom is -0.323 e. The van der Waals surface area contributed by atoms with Crippen molar-refractivity contribution in [3.05, 3.63) is 36.8 Å². The number of hydrogen-bond acceptors (Lipinski definition) is 4. The fourth-order valence-electron chi connectivity index (χ4n) is 1.39. The first-order chi connectivity index (χ1) is 9.72. The molecule has 112 valence electrons. The first-order valence-corrected chi connectivity index (χ1v) is 5.85. The van der Waals surface area contributed by atoms with Crippen LogP contribution in [0, 0.1) is 0 Å². The highest BCUT2D eigenvalue weighted by Crippen LogP contribution is 2.28. The topological polar surface area (TPSA) is 85.8 Å². The summed E-state index contributed by atoms with van der Waals surface area (Å²) in [4.78, 5) is 15.6. The normalized spacial score (nSPS) is 14.5. The van der Waals surface area contributed by atoms with Gasteiger partial charge in [-0.15, -0.1) is 0 Å². The maximum absolute atomic E-state index is 12.6. The van der Waals surface area contributed by atoms with Crippen LogP contribution < -0.4 is 11.1 Å². The zero-order valence-corrected chi connectivity index (χ0v) is 10.9. The number of rotatable bonds is 3. The number of nitrogens with zero attached hydrogens (tertiary/aromatic N) is 3. The minimum atomic E-state index is -4.85. The van der Waals surface area contributed by atoms with Gasteiger partial charge in [0.05, 0.1) is 11.9 Å². The van der Waals surface area contributed by atoms with Gasteiger partial charge in [-0.2, -0.15) is 18.3 Å². The van der Waals surface area contributed by atoms with Gasteiger partial charge in [-0.3, -0.25) is 4.79 Å². The van der Waals surface area contributed by atoms with E-state index in [1.807, 2.05) is 0 Å². The summed E-state index contributed by atoms with van der Waals surface area (Å²) < 4.78 is 39.3. The summed E-state index contributed by atoms with van der Waals surface area (Å²) in [6.45, 7) is 0.605. The predicted octanol–water partition coefficient (Wildman–Crippen LogP) is 1.49. The van der Waals surface area contributed by atoms with Gasteiger partial charge in [0.25, 0.3) is 5.91 Å². The maximum Gasteiger partial charge on any atom is 0.415 e. The molecule has 9 heteroatoms. The lowest BCUT2D eigenvalue weighted by atomic mass is 10.0. The molecule has 0 radical (unpaired) electrons. The number of halogens is 3. The van der Waals surface area contributed by atoms with E-state index in [9.17, 15) is 18.0 Å². The fourth-order valence-corrected chi connectivity index (χ4v) is 1.39. The summed E-state index contributed by atoms with van der Waals surface area (Å²) >= 11 is 0. The number of nitrogens with two attached hydrogens (primary N) is 1. The molecule has 0 aliphatic heterocycles. The number of carbonyl (C=O) groups excluding carboxylic acids is 1. The monoisotopic (exact) mass is 299 g/mol. The summed E-state index contributed by atoms with van der Waals surface area (Å²) in [5.74, 6) is -0.895. The van der Waals surface area contributed by atoms with Crippen molar-refractivity contribution in [2.24, 2.45) is 5.73 Å². The highest BCUT2D eigenvalue weighted by Gasteiger charge is 2.53. The van der Waals surface area contributed by atoms with E-state index in [1.54, 1.807) is 18.5 Å². The molecule has 2 aromatic heterocycles. The Morgan fingerprint density at radius 2 is 2.10 bits per heavy atom. The van der Waals surface area contributed by atoms with Gasteiger partial charge in [0, 0.05) is 12.4 Å². The van der Waals surface area contributed by atoms with E-state index in [1.165, 1.54) is 23.0 Å². The molecule has 0 spiro atoms. The molecule has 0 bridgehead atoms. The third-order valence-electron chi connectivity index (χ3n) is 2.81. The number of aromatic nitrogens is 3. The molecule has 6 nitrogen and oxygen atoms in total. The van der Waals surface area contributed by atoms with Crippen molar-refractivity contribution in [1.82, 2.24) is 14.8 Å². The molecular weight excluding hydrogens is 287 g/mol. The van der Waals surface area contributed by atoms with Crippen molar-refractivity contribution >= 4 is 11.6 Å². The Morgan fingerprint density at radius 1 is 1.38 bits per heavy atom. The van der Waals surface area contributed by atoms with Gasteiger partial charge in [0.2, 0.25) is 0 Å². The standard InChI is InChI=1S/C12H12F3N5O/c1-11(16,12(13,14)15)10(21)19-8-3-4-9(17-7-8)20-6-2-5-18-20/h2-7H,16H2,1H3,(H,19,21). The van der Waals surface area contributed by atoms with Gasteiger partial charge >= 0.3 is 6.18 Å². The Morgan fingerprint density at radius 3 is 2.57 bits per heavy atom. The van der Waals surface area contributed by atoms with Crippen molar-refractivity contribution in [3.63, 3.8) is 0 Å². The molecule has 1 atom stereocenters.